The summed E-state index contributed by atoms with van der Waals surface area (Å²) in [5, 5.41) is 10.2. The van der Waals surface area contributed by atoms with E-state index in [9.17, 15) is 9.90 Å². The average Bonchev–Trinajstić information content (AvgIpc) is 2.67. The number of nitrogens with zero attached hydrogens (tertiary/aromatic N) is 3. The van der Waals surface area contributed by atoms with Crippen LogP contribution in [0.2, 0.25) is 10.3 Å². The zero-order chi connectivity index (χ0) is 14.9. The van der Waals surface area contributed by atoms with Crippen LogP contribution in [0, 0.1) is 0 Å². The summed E-state index contributed by atoms with van der Waals surface area (Å²) in [5.74, 6) is -0.181. The first kappa shape index (κ1) is 15.5. The van der Waals surface area contributed by atoms with Crippen molar-refractivity contribution in [3.8, 4) is 0 Å². The van der Waals surface area contributed by atoms with E-state index in [0.717, 1.165) is 0 Å². The molecule has 2 rings (SSSR count). The molecule has 1 N–H and O–H groups in total. The van der Waals surface area contributed by atoms with Gasteiger partial charge in [0.2, 0.25) is 0 Å². The second kappa shape index (κ2) is 6.26. The van der Waals surface area contributed by atoms with E-state index in [-0.39, 0.29) is 22.3 Å². The number of carbonyl (C=O) groups is 1. The van der Waals surface area contributed by atoms with Crippen LogP contribution in [0.5, 0.6) is 0 Å². The van der Waals surface area contributed by atoms with E-state index in [1.807, 2.05) is 19.0 Å². The Labute approximate surface area is 128 Å². The molecule has 1 aromatic rings. The maximum Gasteiger partial charge on any atom is 0.254 e. The highest BCUT2D eigenvalue weighted by atomic mass is 35.5. The van der Waals surface area contributed by atoms with Crippen molar-refractivity contribution in [1.29, 1.82) is 0 Å². The summed E-state index contributed by atoms with van der Waals surface area (Å²) in [6.45, 7) is 1.03. The Bertz CT molecular complexity index is 490. The van der Waals surface area contributed by atoms with Gasteiger partial charge < -0.3 is 14.9 Å². The van der Waals surface area contributed by atoms with Gasteiger partial charge in [-0.05, 0) is 32.6 Å². The van der Waals surface area contributed by atoms with E-state index in [1.54, 1.807) is 4.90 Å². The van der Waals surface area contributed by atoms with Crippen LogP contribution >= 0.6 is 23.2 Å². The minimum Gasteiger partial charge on any atom is -0.391 e. The molecule has 2 unspecified atom stereocenters. The van der Waals surface area contributed by atoms with Gasteiger partial charge in [-0.1, -0.05) is 23.2 Å². The average molecular weight is 318 g/mol. The molecule has 1 saturated heterocycles. The smallest absolute Gasteiger partial charge is 0.254 e. The molecule has 0 saturated carbocycles. The fourth-order valence-corrected chi connectivity index (χ4v) is 2.95. The second-order valence-corrected chi connectivity index (χ2v) is 6.04. The molecule has 1 fully saturated rings. The van der Waals surface area contributed by atoms with Gasteiger partial charge in [-0.2, -0.15) is 0 Å². The van der Waals surface area contributed by atoms with Crippen LogP contribution in [0.15, 0.2) is 12.1 Å². The molecule has 0 radical (unpaired) electrons. The number of aliphatic hydroxyl groups is 1. The number of carbonyl (C=O) groups excluding carboxylic acids is 1. The van der Waals surface area contributed by atoms with Crippen molar-refractivity contribution >= 4 is 29.1 Å². The molecule has 2 atom stereocenters. The molecule has 1 aromatic heterocycles. The van der Waals surface area contributed by atoms with Crippen LogP contribution in [0.25, 0.3) is 0 Å². The number of aliphatic hydroxyl groups excluding tert-OH is 1. The molecule has 1 aliphatic rings. The lowest BCUT2D eigenvalue weighted by molar-refractivity contribution is 0.0699. The molecule has 20 heavy (non-hydrogen) atoms. The zero-order valence-electron chi connectivity index (χ0n) is 11.4. The molecule has 5 nitrogen and oxygen atoms in total. The first-order valence-corrected chi connectivity index (χ1v) is 7.09. The molecule has 2 heterocycles. The summed E-state index contributed by atoms with van der Waals surface area (Å²) >= 11 is 11.7. The van der Waals surface area contributed by atoms with Gasteiger partial charge in [0.05, 0.1) is 6.10 Å². The number of pyridine rings is 1. The van der Waals surface area contributed by atoms with Crippen molar-refractivity contribution in [2.75, 3.05) is 27.2 Å². The van der Waals surface area contributed by atoms with Crippen molar-refractivity contribution in [3.63, 3.8) is 0 Å². The van der Waals surface area contributed by atoms with E-state index in [0.29, 0.717) is 25.1 Å². The quantitative estimate of drug-likeness (QED) is 0.859. The summed E-state index contributed by atoms with van der Waals surface area (Å²) in [6, 6.07) is 2.97. The first-order valence-electron chi connectivity index (χ1n) is 6.33. The normalized spacial score (nSPS) is 22.6. The number of aromatic nitrogens is 1. The van der Waals surface area contributed by atoms with Crippen LogP contribution in [-0.4, -0.2) is 65.1 Å². The van der Waals surface area contributed by atoms with E-state index < -0.39 is 6.10 Å². The largest absolute Gasteiger partial charge is 0.391 e. The molecule has 7 heteroatoms. The molecule has 0 aromatic carbocycles. The number of β-amino-alcohol motifs (C(OH)–C–C–N with tert-alkyl or cyclic N) is 1. The lowest BCUT2D eigenvalue weighted by Gasteiger charge is -2.27. The van der Waals surface area contributed by atoms with E-state index in [2.05, 4.69) is 4.98 Å². The van der Waals surface area contributed by atoms with Crippen molar-refractivity contribution < 1.29 is 9.90 Å². The van der Waals surface area contributed by atoms with Gasteiger partial charge >= 0.3 is 0 Å². The summed E-state index contributed by atoms with van der Waals surface area (Å²) in [4.78, 5) is 20.0. The topological polar surface area (TPSA) is 56.7 Å². The van der Waals surface area contributed by atoms with Crippen molar-refractivity contribution in [2.24, 2.45) is 0 Å². The monoisotopic (exact) mass is 317 g/mol. The Hall–Kier alpha value is -0.880. The Balaban J connectivity index is 2.22. The van der Waals surface area contributed by atoms with Crippen LogP contribution in [0.1, 0.15) is 16.8 Å². The Kier molecular flexibility index (Phi) is 4.86. The summed E-state index contributed by atoms with van der Waals surface area (Å²) in [6.07, 6.45) is 0.0906. The third-order valence-electron chi connectivity index (χ3n) is 3.24. The summed E-state index contributed by atoms with van der Waals surface area (Å²) in [5.41, 5.74) is 0.396. The van der Waals surface area contributed by atoms with E-state index >= 15 is 0 Å². The summed E-state index contributed by atoms with van der Waals surface area (Å²) < 4.78 is 0. The Morgan fingerprint density at radius 3 is 2.60 bits per heavy atom. The predicted molar refractivity (Wildman–Crippen MR) is 78.3 cm³/mol. The minimum atomic E-state index is -0.489. The van der Waals surface area contributed by atoms with Gasteiger partial charge in [0.1, 0.15) is 10.3 Å². The predicted octanol–water partition coefficient (Wildman–Crippen LogP) is 1.53. The second-order valence-electron chi connectivity index (χ2n) is 5.26. The lowest BCUT2D eigenvalue weighted by Crippen LogP contribution is -2.41. The highest BCUT2D eigenvalue weighted by Crippen LogP contribution is 2.23. The van der Waals surface area contributed by atoms with Gasteiger partial charge in [0, 0.05) is 24.7 Å². The lowest BCUT2D eigenvalue weighted by atomic mass is 10.1. The number of rotatable bonds is 3. The standard InChI is InChI=1S/C13H17Cl2N3O2/c1-17(2)6-9-5-10(19)7-18(9)13(20)8-3-11(14)16-12(15)4-8/h3-4,9-10,19H,5-7H2,1-2H3. The highest BCUT2D eigenvalue weighted by molar-refractivity contribution is 6.33. The van der Waals surface area contributed by atoms with Gasteiger partial charge in [-0.25, -0.2) is 4.98 Å². The fraction of sp³-hybridized carbons (Fsp3) is 0.538. The molecule has 0 spiro atoms. The first-order chi connectivity index (χ1) is 9.36. The maximum atomic E-state index is 12.5. The number of amides is 1. The molecule has 0 aliphatic carbocycles. The van der Waals surface area contributed by atoms with Crippen LogP contribution < -0.4 is 0 Å². The zero-order valence-corrected chi connectivity index (χ0v) is 12.9. The molecule has 110 valence electrons. The molecular formula is C13H17Cl2N3O2. The molecular weight excluding hydrogens is 301 g/mol. The van der Waals surface area contributed by atoms with Crippen LogP contribution in [0.3, 0.4) is 0 Å². The van der Waals surface area contributed by atoms with Crippen molar-refractivity contribution in [1.82, 2.24) is 14.8 Å². The van der Waals surface area contributed by atoms with E-state index in [4.69, 9.17) is 23.2 Å². The van der Waals surface area contributed by atoms with E-state index in [1.165, 1.54) is 12.1 Å². The van der Waals surface area contributed by atoms with Gasteiger partial charge in [-0.3, -0.25) is 4.79 Å². The van der Waals surface area contributed by atoms with Crippen LogP contribution in [0.4, 0.5) is 0 Å². The van der Waals surface area contributed by atoms with Gasteiger partial charge in [-0.15, -0.1) is 0 Å². The molecule has 1 amide bonds. The van der Waals surface area contributed by atoms with Gasteiger partial charge in [0.25, 0.3) is 5.91 Å². The third-order valence-corrected chi connectivity index (χ3v) is 3.63. The number of likely N-dealkylation sites (N-methyl/N-ethyl adjacent to an activating group) is 1. The number of hydrogen-bond donors (Lipinski definition) is 1. The van der Waals surface area contributed by atoms with Crippen molar-refractivity contribution in [2.45, 2.75) is 18.6 Å². The minimum absolute atomic E-state index is 0.0155. The number of likely N-dealkylation sites (tertiary alicyclic amines) is 1. The van der Waals surface area contributed by atoms with Gasteiger partial charge in [0.15, 0.2) is 0 Å². The maximum absolute atomic E-state index is 12.5. The molecule has 0 bridgehead atoms. The summed E-state index contributed by atoms with van der Waals surface area (Å²) in [7, 11) is 3.88. The highest BCUT2D eigenvalue weighted by Gasteiger charge is 2.35. The third kappa shape index (κ3) is 3.61. The van der Waals surface area contributed by atoms with Crippen LogP contribution in [-0.2, 0) is 0 Å². The Morgan fingerprint density at radius 2 is 2.05 bits per heavy atom. The Morgan fingerprint density at radius 1 is 1.45 bits per heavy atom. The number of hydrogen-bond acceptors (Lipinski definition) is 4. The fourth-order valence-electron chi connectivity index (χ4n) is 2.49. The SMILES string of the molecule is CN(C)CC1CC(O)CN1C(=O)c1cc(Cl)nc(Cl)c1. The number of halogens is 2. The van der Waals surface area contributed by atoms with Crippen molar-refractivity contribution in [3.05, 3.63) is 28.0 Å². The molecule has 1 aliphatic heterocycles.